The van der Waals surface area contributed by atoms with Crippen molar-refractivity contribution in [2.24, 2.45) is 0 Å². The van der Waals surface area contributed by atoms with Crippen molar-refractivity contribution in [2.75, 3.05) is 38.6 Å². The molecule has 0 saturated carbocycles. The molecule has 5 nitrogen and oxygen atoms in total. The van der Waals surface area contributed by atoms with Crippen molar-refractivity contribution in [3.63, 3.8) is 0 Å². The molecule has 0 aliphatic carbocycles. The van der Waals surface area contributed by atoms with Gasteiger partial charge in [-0.1, -0.05) is 6.92 Å². The van der Waals surface area contributed by atoms with Crippen molar-refractivity contribution in [1.29, 1.82) is 0 Å². The van der Waals surface area contributed by atoms with E-state index in [-0.39, 0.29) is 0 Å². The van der Waals surface area contributed by atoms with Gasteiger partial charge in [0, 0.05) is 31.4 Å². The van der Waals surface area contributed by atoms with Gasteiger partial charge in [0.1, 0.15) is 13.2 Å². The molecule has 1 unspecified atom stereocenters. The minimum atomic E-state index is 0.335. The van der Waals surface area contributed by atoms with E-state index in [1.807, 2.05) is 12.1 Å². The van der Waals surface area contributed by atoms with Gasteiger partial charge >= 0.3 is 0 Å². The number of morpholine rings is 1. The molecular formula is C15H22N2O3. The van der Waals surface area contributed by atoms with Gasteiger partial charge in [-0.15, -0.1) is 0 Å². The van der Waals surface area contributed by atoms with Gasteiger partial charge in [0.05, 0.1) is 12.7 Å². The second-order valence-corrected chi connectivity index (χ2v) is 5.33. The van der Waals surface area contributed by atoms with Crippen LogP contribution in [0.5, 0.6) is 11.5 Å². The summed E-state index contributed by atoms with van der Waals surface area (Å²) in [5.41, 5.74) is 8.01. The zero-order chi connectivity index (χ0) is 13.9. The smallest absolute Gasteiger partial charge is 0.163 e. The van der Waals surface area contributed by atoms with E-state index in [9.17, 15) is 0 Å². The number of hydrogen-bond acceptors (Lipinski definition) is 5. The van der Waals surface area contributed by atoms with Crippen LogP contribution in [0.15, 0.2) is 12.1 Å². The molecule has 5 heteroatoms. The molecule has 2 N–H and O–H groups in total. The Labute approximate surface area is 119 Å². The van der Waals surface area contributed by atoms with Crippen LogP contribution in [0.4, 0.5) is 5.69 Å². The van der Waals surface area contributed by atoms with Crippen molar-refractivity contribution >= 4 is 5.69 Å². The highest BCUT2D eigenvalue weighted by Gasteiger charge is 2.21. The Bertz CT molecular complexity index is 478. The molecular weight excluding hydrogens is 256 g/mol. The average molecular weight is 278 g/mol. The van der Waals surface area contributed by atoms with E-state index in [1.165, 1.54) is 0 Å². The van der Waals surface area contributed by atoms with Crippen molar-refractivity contribution < 1.29 is 14.2 Å². The molecule has 1 aromatic carbocycles. The number of fused-ring (bicyclic) bond motifs is 1. The van der Waals surface area contributed by atoms with Crippen LogP contribution in [0.2, 0.25) is 0 Å². The largest absolute Gasteiger partial charge is 0.486 e. The highest BCUT2D eigenvalue weighted by atomic mass is 16.6. The van der Waals surface area contributed by atoms with Crippen molar-refractivity contribution in [1.82, 2.24) is 4.90 Å². The second kappa shape index (κ2) is 5.89. The summed E-state index contributed by atoms with van der Waals surface area (Å²) in [5, 5.41) is 0. The first kappa shape index (κ1) is 13.5. The Morgan fingerprint density at radius 3 is 2.70 bits per heavy atom. The number of hydrogen-bond donors (Lipinski definition) is 1. The number of nitrogen functional groups attached to an aromatic ring is 1. The van der Waals surface area contributed by atoms with Crippen molar-refractivity contribution in [3.8, 4) is 11.5 Å². The Hall–Kier alpha value is -1.46. The summed E-state index contributed by atoms with van der Waals surface area (Å²) in [7, 11) is 0. The quantitative estimate of drug-likeness (QED) is 0.852. The number of anilines is 1. The van der Waals surface area contributed by atoms with E-state index >= 15 is 0 Å². The van der Waals surface area contributed by atoms with Crippen LogP contribution in [0.3, 0.4) is 0 Å². The normalized spacial score (nSPS) is 22.8. The number of ether oxygens (including phenoxy) is 3. The van der Waals surface area contributed by atoms with Gasteiger partial charge in [-0.05, 0) is 18.1 Å². The summed E-state index contributed by atoms with van der Waals surface area (Å²) in [4.78, 5) is 2.39. The molecule has 2 heterocycles. The molecule has 1 atom stereocenters. The zero-order valence-electron chi connectivity index (χ0n) is 11.9. The summed E-state index contributed by atoms with van der Waals surface area (Å²) >= 11 is 0. The standard InChI is InChI=1S/C15H22N2O3/c1-2-12-10-17(3-4-18-12)9-11-7-14-15(8-13(11)16)20-6-5-19-14/h7-8,12H,2-6,9-10,16H2,1H3. The number of nitrogens with zero attached hydrogens (tertiary/aromatic N) is 1. The van der Waals surface area contributed by atoms with Gasteiger partial charge in [-0.3, -0.25) is 4.90 Å². The lowest BCUT2D eigenvalue weighted by Gasteiger charge is -2.33. The summed E-state index contributed by atoms with van der Waals surface area (Å²) in [6, 6.07) is 3.89. The number of benzene rings is 1. The van der Waals surface area contributed by atoms with Gasteiger partial charge in [0.15, 0.2) is 11.5 Å². The lowest BCUT2D eigenvalue weighted by Crippen LogP contribution is -2.41. The minimum Gasteiger partial charge on any atom is -0.486 e. The third-order valence-electron chi connectivity index (χ3n) is 3.88. The molecule has 1 fully saturated rings. The molecule has 20 heavy (non-hydrogen) atoms. The summed E-state index contributed by atoms with van der Waals surface area (Å²) in [5.74, 6) is 1.56. The van der Waals surface area contributed by atoms with Crippen LogP contribution < -0.4 is 15.2 Å². The summed E-state index contributed by atoms with van der Waals surface area (Å²) in [6.07, 6.45) is 1.38. The highest BCUT2D eigenvalue weighted by Crippen LogP contribution is 2.35. The number of nitrogens with two attached hydrogens (primary N) is 1. The van der Waals surface area contributed by atoms with E-state index in [4.69, 9.17) is 19.9 Å². The van der Waals surface area contributed by atoms with Crippen LogP contribution in [0.25, 0.3) is 0 Å². The second-order valence-electron chi connectivity index (χ2n) is 5.33. The predicted molar refractivity (Wildman–Crippen MR) is 77.2 cm³/mol. The first-order valence-electron chi connectivity index (χ1n) is 7.28. The van der Waals surface area contributed by atoms with Crippen LogP contribution in [-0.2, 0) is 11.3 Å². The maximum absolute atomic E-state index is 6.14. The molecule has 1 aromatic rings. The zero-order valence-corrected chi connectivity index (χ0v) is 11.9. The molecule has 3 rings (SSSR count). The first-order valence-corrected chi connectivity index (χ1v) is 7.28. The summed E-state index contributed by atoms with van der Waals surface area (Å²) < 4.78 is 16.9. The van der Waals surface area contributed by atoms with E-state index in [0.717, 1.165) is 55.4 Å². The van der Waals surface area contributed by atoms with E-state index in [2.05, 4.69) is 11.8 Å². The molecule has 0 radical (unpaired) electrons. The molecule has 2 aliphatic rings. The Kier molecular flexibility index (Phi) is 3.98. The molecule has 110 valence electrons. The molecule has 0 amide bonds. The van der Waals surface area contributed by atoms with Gasteiger partial charge < -0.3 is 19.9 Å². The first-order chi connectivity index (χ1) is 9.76. The van der Waals surface area contributed by atoms with Gasteiger partial charge in [-0.2, -0.15) is 0 Å². The highest BCUT2D eigenvalue weighted by molar-refractivity contribution is 5.58. The SMILES string of the molecule is CCC1CN(Cc2cc3c(cc2N)OCCO3)CCO1. The predicted octanol–water partition coefficient (Wildman–Crippen LogP) is 1.65. The fourth-order valence-corrected chi connectivity index (χ4v) is 2.70. The van der Waals surface area contributed by atoms with Gasteiger partial charge in [-0.25, -0.2) is 0 Å². The third kappa shape index (κ3) is 2.83. The van der Waals surface area contributed by atoms with E-state index in [0.29, 0.717) is 19.3 Å². The van der Waals surface area contributed by atoms with Crippen LogP contribution in [0, 0.1) is 0 Å². The molecule has 0 bridgehead atoms. The molecule has 0 spiro atoms. The fourth-order valence-electron chi connectivity index (χ4n) is 2.70. The maximum Gasteiger partial charge on any atom is 0.163 e. The fraction of sp³-hybridized carbons (Fsp3) is 0.600. The minimum absolute atomic E-state index is 0.335. The van der Waals surface area contributed by atoms with Gasteiger partial charge in [0.2, 0.25) is 0 Å². The third-order valence-corrected chi connectivity index (χ3v) is 3.88. The summed E-state index contributed by atoms with van der Waals surface area (Å²) in [6.45, 7) is 6.89. The van der Waals surface area contributed by atoms with Crippen molar-refractivity contribution in [3.05, 3.63) is 17.7 Å². The van der Waals surface area contributed by atoms with Crippen LogP contribution in [-0.4, -0.2) is 43.9 Å². The lowest BCUT2D eigenvalue weighted by atomic mass is 10.1. The van der Waals surface area contributed by atoms with Gasteiger partial charge in [0.25, 0.3) is 0 Å². The molecule has 1 saturated heterocycles. The van der Waals surface area contributed by atoms with Crippen molar-refractivity contribution in [2.45, 2.75) is 26.0 Å². The van der Waals surface area contributed by atoms with E-state index in [1.54, 1.807) is 0 Å². The van der Waals surface area contributed by atoms with Crippen LogP contribution in [0.1, 0.15) is 18.9 Å². The molecule has 2 aliphatic heterocycles. The molecule has 0 aromatic heterocycles. The Morgan fingerprint density at radius 1 is 1.20 bits per heavy atom. The van der Waals surface area contributed by atoms with E-state index < -0.39 is 0 Å². The van der Waals surface area contributed by atoms with Crippen LogP contribution >= 0.6 is 0 Å². The Balaban J connectivity index is 1.73. The lowest BCUT2D eigenvalue weighted by molar-refractivity contribution is -0.0324. The maximum atomic E-state index is 6.14. The number of rotatable bonds is 3. The topological polar surface area (TPSA) is 57.0 Å². The average Bonchev–Trinajstić information content (AvgIpc) is 2.48. The monoisotopic (exact) mass is 278 g/mol. The Morgan fingerprint density at radius 2 is 1.95 bits per heavy atom.